The Morgan fingerprint density at radius 1 is 1.17 bits per heavy atom. The first-order chi connectivity index (χ1) is 5.33. The van der Waals surface area contributed by atoms with Crippen molar-refractivity contribution in [2.75, 3.05) is 38.0 Å². The fraction of sp³-hybridized carbons (Fsp3) is 1.00. The molecule has 1 aliphatic heterocycles. The number of quaternary nitrogens is 1. The Kier molecular flexibility index (Phi) is 6.69. The highest BCUT2D eigenvalue weighted by Gasteiger charge is 2.33. The summed E-state index contributed by atoms with van der Waals surface area (Å²) in [7, 11) is 0. The van der Waals surface area contributed by atoms with Crippen molar-refractivity contribution < 1.29 is 21.9 Å². The van der Waals surface area contributed by atoms with Gasteiger partial charge in [-0.3, -0.25) is 0 Å². The summed E-state index contributed by atoms with van der Waals surface area (Å²) in [5.74, 6) is 1.30. The van der Waals surface area contributed by atoms with Crippen LogP contribution >= 0.6 is 23.2 Å². The highest BCUT2D eigenvalue weighted by molar-refractivity contribution is 6.18. The van der Waals surface area contributed by atoms with Crippen LogP contribution in [0.2, 0.25) is 0 Å². The van der Waals surface area contributed by atoms with Crippen molar-refractivity contribution in [3.63, 3.8) is 0 Å². The van der Waals surface area contributed by atoms with E-state index in [0.717, 1.165) is 32.7 Å². The molecule has 1 saturated heterocycles. The topological polar surface area (TPSA) is 9.23 Å². The number of alkyl halides is 2. The first kappa shape index (κ1) is 12.8. The van der Waals surface area contributed by atoms with Crippen molar-refractivity contribution in [3.8, 4) is 0 Å². The number of nitrogens with zero attached hydrogens (tertiary/aromatic N) is 1. The van der Waals surface area contributed by atoms with E-state index in [9.17, 15) is 0 Å². The average Bonchev–Trinajstić information content (AvgIpc) is 2.39. The zero-order valence-electron chi connectivity index (χ0n) is 6.94. The molecule has 0 saturated carbocycles. The summed E-state index contributed by atoms with van der Waals surface area (Å²) in [4.78, 5) is 5.59. The summed E-state index contributed by atoms with van der Waals surface area (Å²) >= 11 is 11.3. The van der Waals surface area contributed by atoms with Gasteiger partial charge in [-0.2, -0.15) is 4.65 Å². The lowest BCUT2D eigenvalue weighted by Crippen LogP contribution is -3.00. The minimum Gasteiger partial charge on any atom is -1.00 e. The lowest BCUT2D eigenvalue weighted by molar-refractivity contribution is -1.09. The molecule has 0 N–H and O–H groups in total. The second-order valence-corrected chi connectivity index (χ2v) is 3.55. The summed E-state index contributed by atoms with van der Waals surface area (Å²) < 4.78 is 0.674. The molecular weight excluding hydrogens is 220 g/mol. The van der Waals surface area contributed by atoms with Crippen LogP contribution in [-0.2, 0) is 4.84 Å². The van der Waals surface area contributed by atoms with Crippen LogP contribution in [-0.4, -0.2) is 42.6 Å². The fourth-order valence-corrected chi connectivity index (χ4v) is 2.06. The van der Waals surface area contributed by atoms with Crippen molar-refractivity contribution in [2.24, 2.45) is 0 Å². The second kappa shape index (κ2) is 6.28. The van der Waals surface area contributed by atoms with Crippen molar-refractivity contribution >= 4 is 23.2 Å². The highest BCUT2D eigenvalue weighted by atomic mass is 35.5. The van der Waals surface area contributed by atoms with Gasteiger partial charge < -0.3 is 12.4 Å². The van der Waals surface area contributed by atoms with Crippen molar-refractivity contribution in [1.82, 2.24) is 0 Å². The summed E-state index contributed by atoms with van der Waals surface area (Å²) in [6, 6.07) is 0. The largest absolute Gasteiger partial charge is 1.00 e. The third-order valence-electron chi connectivity index (χ3n) is 2.06. The first-order valence-corrected chi connectivity index (χ1v) is 5.02. The minimum atomic E-state index is 0. The van der Waals surface area contributed by atoms with Crippen LogP contribution in [0.3, 0.4) is 0 Å². The molecular formula is C7H14Cl3NO. The first-order valence-electron chi connectivity index (χ1n) is 3.95. The maximum atomic E-state index is 5.67. The second-order valence-electron chi connectivity index (χ2n) is 2.79. The van der Waals surface area contributed by atoms with Crippen molar-refractivity contribution in [1.29, 1.82) is 0 Å². The Morgan fingerprint density at radius 3 is 2.08 bits per heavy atom. The molecule has 1 rings (SSSR count). The van der Waals surface area contributed by atoms with Gasteiger partial charge in [-0.25, -0.2) is 4.84 Å². The van der Waals surface area contributed by atoms with Crippen LogP contribution in [0.1, 0.15) is 6.42 Å². The molecule has 0 aliphatic carbocycles. The van der Waals surface area contributed by atoms with Crippen LogP contribution in [0.4, 0.5) is 0 Å². The zero-order chi connectivity index (χ0) is 8.16. The van der Waals surface area contributed by atoms with E-state index in [-0.39, 0.29) is 12.4 Å². The van der Waals surface area contributed by atoms with Gasteiger partial charge in [0.25, 0.3) is 0 Å². The molecule has 1 aliphatic rings. The number of hydroxylamine groups is 3. The third kappa shape index (κ3) is 3.27. The molecule has 12 heavy (non-hydrogen) atoms. The summed E-state index contributed by atoms with van der Waals surface area (Å²) in [6.45, 7) is 3.69. The lowest BCUT2D eigenvalue weighted by atomic mass is 10.4. The number of hydrogen-bond donors (Lipinski definition) is 0. The van der Waals surface area contributed by atoms with E-state index in [0.29, 0.717) is 16.4 Å². The zero-order valence-corrected chi connectivity index (χ0v) is 9.21. The van der Waals surface area contributed by atoms with Gasteiger partial charge in [-0.1, -0.05) is 0 Å². The van der Waals surface area contributed by atoms with Gasteiger partial charge in [0, 0.05) is 6.42 Å². The van der Waals surface area contributed by atoms with Gasteiger partial charge in [0.2, 0.25) is 0 Å². The van der Waals surface area contributed by atoms with Crippen LogP contribution in [0.15, 0.2) is 0 Å². The molecule has 1 fully saturated rings. The molecule has 0 bridgehead atoms. The predicted octanol–water partition coefficient (Wildman–Crippen LogP) is -1.38. The van der Waals surface area contributed by atoms with E-state index in [1.165, 1.54) is 0 Å². The molecule has 0 aromatic rings. The third-order valence-corrected chi connectivity index (χ3v) is 2.40. The molecule has 0 aromatic carbocycles. The van der Waals surface area contributed by atoms with Crippen LogP contribution < -0.4 is 12.4 Å². The van der Waals surface area contributed by atoms with Crippen LogP contribution in [0.5, 0.6) is 0 Å². The van der Waals surface area contributed by atoms with Crippen LogP contribution in [0, 0.1) is 0 Å². The molecule has 2 nitrogen and oxygen atoms in total. The minimum absolute atomic E-state index is 0. The Hall–Kier alpha value is 0.790. The maximum absolute atomic E-state index is 5.67. The van der Waals surface area contributed by atoms with E-state index in [2.05, 4.69) is 0 Å². The summed E-state index contributed by atoms with van der Waals surface area (Å²) in [6.07, 6.45) is 1.13. The van der Waals surface area contributed by atoms with E-state index in [4.69, 9.17) is 28.0 Å². The Bertz CT molecular complexity index is 109. The van der Waals surface area contributed by atoms with Crippen LogP contribution in [0.25, 0.3) is 0 Å². The molecule has 0 atom stereocenters. The fourth-order valence-electron chi connectivity index (χ4n) is 1.45. The molecule has 74 valence electrons. The molecule has 0 unspecified atom stereocenters. The van der Waals surface area contributed by atoms with Gasteiger partial charge in [0.05, 0.1) is 11.8 Å². The standard InChI is InChI=1S/C7H14Cl2NO.ClH/c8-2-5-10(6-3-9)4-1-7-11-10;/h1-7H2;1H/q+1;/p-1. The predicted molar refractivity (Wildman–Crippen MR) is 46.9 cm³/mol. The number of halogens is 3. The summed E-state index contributed by atoms with van der Waals surface area (Å²) in [5, 5.41) is 0. The van der Waals surface area contributed by atoms with Gasteiger partial charge in [0.15, 0.2) is 0 Å². The van der Waals surface area contributed by atoms with E-state index >= 15 is 0 Å². The quantitative estimate of drug-likeness (QED) is 0.430. The monoisotopic (exact) mass is 233 g/mol. The average molecular weight is 235 g/mol. The van der Waals surface area contributed by atoms with Crippen molar-refractivity contribution in [2.45, 2.75) is 6.42 Å². The maximum Gasteiger partial charge on any atom is 0.123 e. The van der Waals surface area contributed by atoms with E-state index < -0.39 is 0 Å². The Balaban J connectivity index is 0.00000121. The molecule has 5 heteroatoms. The van der Waals surface area contributed by atoms with Gasteiger partial charge >= 0.3 is 0 Å². The smallest absolute Gasteiger partial charge is 0.123 e. The highest BCUT2D eigenvalue weighted by Crippen LogP contribution is 2.17. The molecule has 0 amide bonds. The number of rotatable bonds is 4. The molecule has 0 radical (unpaired) electrons. The molecule has 0 aromatic heterocycles. The number of hydrogen-bond acceptors (Lipinski definition) is 1. The van der Waals surface area contributed by atoms with Crippen molar-refractivity contribution in [3.05, 3.63) is 0 Å². The molecule has 1 heterocycles. The lowest BCUT2D eigenvalue weighted by Gasteiger charge is -2.28. The SMILES string of the molecule is ClCC[N+]1(CCCl)CCCO1.[Cl-]. The van der Waals surface area contributed by atoms with Gasteiger partial charge in [-0.05, 0) is 0 Å². The Morgan fingerprint density at radius 2 is 1.75 bits per heavy atom. The van der Waals surface area contributed by atoms with E-state index in [1.807, 2.05) is 0 Å². The van der Waals surface area contributed by atoms with Gasteiger partial charge in [-0.15, -0.1) is 23.2 Å². The Labute approximate surface area is 89.7 Å². The van der Waals surface area contributed by atoms with E-state index in [1.54, 1.807) is 0 Å². The summed E-state index contributed by atoms with van der Waals surface area (Å²) in [5.41, 5.74) is 0. The molecule has 0 spiro atoms. The normalized spacial score (nSPS) is 20.5. The van der Waals surface area contributed by atoms with Gasteiger partial charge in [0.1, 0.15) is 26.2 Å².